The van der Waals surface area contributed by atoms with Crippen molar-refractivity contribution in [3.63, 3.8) is 0 Å². The van der Waals surface area contributed by atoms with Crippen LogP contribution in [0.2, 0.25) is 5.02 Å². The molecule has 0 radical (unpaired) electrons. The average molecular weight is 430 g/mol. The third kappa shape index (κ3) is 4.43. The predicted octanol–water partition coefficient (Wildman–Crippen LogP) is 4.39. The highest BCUT2D eigenvalue weighted by atomic mass is 35.5. The molecule has 0 saturated heterocycles. The Balaban J connectivity index is 2.23. The summed E-state index contributed by atoms with van der Waals surface area (Å²) in [7, 11) is 0. The van der Waals surface area contributed by atoms with Crippen molar-refractivity contribution in [2.45, 2.75) is 46.3 Å². The number of halogens is 1. The zero-order chi connectivity index (χ0) is 22.1. The first kappa shape index (κ1) is 22.5. The first-order chi connectivity index (χ1) is 14.2. The van der Waals surface area contributed by atoms with Gasteiger partial charge in [0, 0.05) is 41.3 Å². The van der Waals surface area contributed by atoms with Crippen LogP contribution in [0.5, 0.6) is 0 Å². The second-order valence-corrected chi connectivity index (χ2v) is 9.08. The number of anilines is 1. The molecule has 5 nitrogen and oxygen atoms in total. The topological polar surface area (TPSA) is 66.8 Å². The molecule has 3 rings (SSSR count). The van der Waals surface area contributed by atoms with E-state index in [1.165, 1.54) is 0 Å². The monoisotopic (exact) mass is 429 g/mol. The normalized spacial score (nSPS) is 19.4. The van der Waals surface area contributed by atoms with Gasteiger partial charge in [0.25, 0.3) is 5.91 Å². The third-order valence-corrected chi connectivity index (χ3v) is 5.89. The van der Waals surface area contributed by atoms with E-state index < -0.39 is 17.6 Å². The van der Waals surface area contributed by atoms with Crippen molar-refractivity contribution >= 4 is 29.5 Å². The first-order valence-electron chi connectivity index (χ1n) is 10.1. The second-order valence-electron chi connectivity index (χ2n) is 8.65. The molecule has 30 heavy (non-hydrogen) atoms. The van der Waals surface area contributed by atoms with Gasteiger partial charge in [-0.05, 0) is 48.7 Å². The molecule has 1 heterocycles. The summed E-state index contributed by atoms with van der Waals surface area (Å²) in [6.07, 6.45) is -0.804. The number of amides is 1. The molecule has 0 fully saturated rings. The van der Waals surface area contributed by atoms with E-state index in [0.717, 1.165) is 22.3 Å². The molecule has 0 aliphatic carbocycles. The average Bonchev–Trinajstić information content (AvgIpc) is 2.81. The Morgan fingerprint density at radius 1 is 1.20 bits per heavy atom. The Hall–Kier alpha value is -2.21. The lowest BCUT2D eigenvalue weighted by Crippen LogP contribution is -2.45. The highest BCUT2D eigenvalue weighted by Crippen LogP contribution is 2.42. The van der Waals surface area contributed by atoms with Gasteiger partial charge in [-0.1, -0.05) is 43.6 Å². The fourth-order valence-electron chi connectivity index (χ4n) is 3.75. The molecule has 6 heteroatoms. The Labute approximate surface area is 182 Å². The first-order valence-corrected chi connectivity index (χ1v) is 10.4. The van der Waals surface area contributed by atoms with Gasteiger partial charge in [0.1, 0.15) is 18.5 Å². The van der Waals surface area contributed by atoms with Crippen molar-refractivity contribution in [3.8, 4) is 0 Å². The summed E-state index contributed by atoms with van der Waals surface area (Å²) in [6.45, 7) is 8.02. The van der Waals surface area contributed by atoms with Gasteiger partial charge in [-0.3, -0.25) is 4.79 Å². The Kier molecular flexibility index (Phi) is 6.65. The van der Waals surface area contributed by atoms with E-state index in [9.17, 15) is 14.7 Å². The van der Waals surface area contributed by atoms with Crippen LogP contribution >= 0.6 is 11.6 Å². The third-order valence-electron chi connectivity index (χ3n) is 5.66. The number of nitrogens with zero attached hydrogens (tertiary/aromatic N) is 1. The van der Waals surface area contributed by atoms with E-state index in [0.29, 0.717) is 17.0 Å². The van der Waals surface area contributed by atoms with Gasteiger partial charge >= 0.3 is 0 Å². The van der Waals surface area contributed by atoms with Gasteiger partial charge in [0.15, 0.2) is 0 Å². The Bertz CT molecular complexity index is 956. The minimum Gasteiger partial charge on any atom is -0.396 e. The van der Waals surface area contributed by atoms with Crippen LogP contribution < -0.4 is 4.90 Å². The van der Waals surface area contributed by atoms with Crippen LogP contribution in [0.25, 0.3) is 0 Å². The summed E-state index contributed by atoms with van der Waals surface area (Å²) in [5.74, 6) is -0.292. The van der Waals surface area contributed by atoms with Crippen LogP contribution in [0, 0.1) is 19.3 Å². The molecule has 0 bridgehead atoms. The molecule has 2 aromatic carbocycles. The van der Waals surface area contributed by atoms with Crippen LogP contribution in [0.3, 0.4) is 0 Å². The molecule has 0 unspecified atom stereocenters. The number of aryl methyl sites for hydroxylation is 1. The van der Waals surface area contributed by atoms with Crippen molar-refractivity contribution in [3.05, 3.63) is 63.7 Å². The number of hydrogen-bond donors (Lipinski definition) is 1. The molecule has 0 aromatic heterocycles. The molecule has 0 saturated carbocycles. The van der Waals surface area contributed by atoms with E-state index in [-0.39, 0.29) is 25.5 Å². The lowest BCUT2D eigenvalue weighted by Gasteiger charge is -2.32. The second kappa shape index (κ2) is 8.88. The molecule has 1 amide bonds. The molecule has 1 N–H and O–H groups in total. The Morgan fingerprint density at radius 2 is 1.93 bits per heavy atom. The molecule has 1 aliphatic heterocycles. The van der Waals surface area contributed by atoms with Crippen molar-refractivity contribution < 1.29 is 19.4 Å². The van der Waals surface area contributed by atoms with E-state index >= 15 is 0 Å². The van der Waals surface area contributed by atoms with Crippen molar-refractivity contribution in [1.82, 2.24) is 0 Å². The number of carbonyl (C=O) groups is 2. The summed E-state index contributed by atoms with van der Waals surface area (Å²) in [4.78, 5) is 26.4. The Morgan fingerprint density at radius 3 is 2.60 bits per heavy atom. The quantitative estimate of drug-likeness (QED) is 0.692. The molecule has 1 aliphatic rings. The maximum atomic E-state index is 13.4. The number of fused-ring (bicyclic) bond motifs is 1. The molecular weight excluding hydrogens is 402 g/mol. The number of benzene rings is 2. The summed E-state index contributed by atoms with van der Waals surface area (Å²) in [6, 6.07) is 11.3. The van der Waals surface area contributed by atoms with E-state index in [1.807, 2.05) is 58.0 Å². The number of aliphatic hydroxyl groups excluding tert-OH is 1. The van der Waals surface area contributed by atoms with Crippen molar-refractivity contribution in [2.75, 3.05) is 18.1 Å². The minimum atomic E-state index is -0.923. The standard InChI is InChI=1S/C24H28ClNO4/c1-15-6-5-7-18(16(15)2)22-19-12-17(25)8-9-20(19)26(13-24(3,4)14-28)23(29)21(30-22)10-11-27/h5-9,11-12,21-22,28H,10,13-14H2,1-4H3/t21-,22-/m1/s1. The lowest BCUT2D eigenvalue weighted by molar-refractivity contribution is -0.134. The van der Waals surface area contributed by atoms with Gasteiger partial charge in [0.05, 0.1) is 0 Å². The van der Waals surface area contributed by atoms with E-state index in [4.69, 9.17) is 16.3 Å². The number of aliphatic hydroxyl groups is 1. The minimum absolute atomic E-state index is 0.0437. The maximum absolute atomic E-state index is 13.4. The molecule has 2 aromatic rings. The van der Waals surface area contributed by atoms with E-state index in [2.05, 4.69) is 0 Å². The fraction of sp³-hybridized carbons (Fsp3) is 0.417. The summed E-state index contributed by atoms with van der Waals surface area (Å²) < 4.78 is 6.30. The smallest absolute Gasteiger partial charge is 0.256 e. The SMILES string of the molecule is Cc1cccc([C@H]2O[C@H](CC=O)C(=O)N(CC(C)(C)CO)c3ccc(Cl)cc32)c1C. The predicted molar refractivity (Wildman–Crippen MR) is 118 cm³/mol. The highest BCUT2D eigenvalue weighted by Gasteiger charge is 2.38. The van der Waals surface area contributed by atoms with Gasteiger partial charge in [0.2, 0.25) is 0 Å². The van der Waals surface area contributed by atoms with Crippen LogP contribution in [0.15, 0.2) is 36.4 Å². The van der Waals surface area contributed by atoms with Gasteiger partial charge in [-0.2, -0.15) is 0 Å². The van der Waals surface area contributed by atoms with Crippen molar-refractivity contribution in [2.24, 2.45) is 5.41 Å². The fourth-order valence-corrected chi connectivity index (χ4v) is 3.93. The number of carbonyl (C=O) groups excluding carboxylic acids is 2. The zero-order valence-corrected chi connectivity index (χ0v) is 18.6. The van der Waals surface area contributed by atoms with Crippen LogP contribution in [-0.4, -0.2) is 36.6 Å². The van der Waals surface area contributed by atoms with Gasteiger partial charge < -0.3 is 19.5 Å². The molecule has 2 atom stereocenters. The van der Waals surface area contributed by atoms with Crippen LogP contribution in [-0.2, 0) is 14.3 Å². The lowest BCUT2D eigenvalue weighted by atomic mass is 9.91. The number of rotatable bonds is 6. The van der Waals surface area contributed by atoms with E-state index in [1.54, 1.807) is 11.0 Å². The van der Waals surface area contributed by atoms with Crippen molar-refractivity contribution in [1.29, 1.82) is 0 Å². The van der Waals surface area contributed by atoms with Crippen LogP contribution in [0.4, 0.5) is 5.69 Å². The summed E-state index contributed by atoms with van der Waals surface area (Å²) in [5, 5.41) is 10.3. The van der Waals surface area contributed by atoms with Gasteiger partial charge in [-0.15, -0.1) is 0 Å². The molecule has 0 spiro atoms. The maximum Gasteiger partial charge on any atom is 0.256 e. The summed E-state index contributed by atoms with van der Waals surface area (Å²) in [5.41, 5.74) is 4.04. The number of aldehydes is 1. The number of ether oxygens (including phenoxy) is 1. The van der Waals surface area contributed by atoms with Crippen LogP contribution in [0.1, 0.15) is 48.6 Å². The largest absolute Gasteiger partial charge is 0.396 e. The van der Waals surface area contributed by atoms with Gasteiger partial charge in [-0.25, -0.2) is 0 Å². The summed E-state index contributed by atoms with van der Waals surface area (Å²) >= 11 is 6.34. The zero-order valence-electron chi connectivity index (χ0n) is 17.8. The molecular formula is C24H28ClNO4. The molecule has 160 valence electrons. The highest BCUT2D eigenvalue weighted by molar-refractivity contribution is 6.30. The number of hydrogen-bond acceptors (Lipinski definition) is 4.